The summed E-state index contributed by atoms with van der Waals surface area (Å²) in [5, 5.41) is 0.678. The molecule has 0 aliphatic heterocycles. The van der Waals surface area contributed by atoms with Crippen molar-refractivity contribution in [3.8, 4) is 11.1 Å². The van der Waals surface area contributed by atoms with Crippen LogP contribution in [-0.4, -0.2) is 4.98 Å². The van der Waals surface area contributed by atoms with Crippen molar-refractivity contribution in [1.29, 1.82) is 0 Å². The van der Waals surface area contributed by atoms with Crippen LogP contribution in [0.1, 0.15) is 5.56 Å². The quantitative estimate of drug-likeness (QED) is 0.796. The van der Waals surface area contributed by atoms with Gasteiger partial charge in [-0.3, -0.25) is 0 Å². The second-order valence-corrected chi connectivity index (χ2v) is 4.06. The molecule has 2 aromatic rings. The second-order valence-electron chi connectivity index (χ2n) is 3.63. The number of benzene rings is 1. The molecule has 0 unspecified atom stereocenters. The third-order valence-corrected chi connectivity index (χ3v) is 2.67. The van der Waals surface area contributed by atoms with Crippen LogP contribution in [0.2, 0.25) is 5.02 Å². The lowest BCUT2D eigenvalue weighted by Gasteiger charge is -2.09. The molecule has 4 heteroatoms. The lowest BCUT2D eigenvalue weighted by atomic mass is 10.0. The molecule has 16 heavy (non-hydrogen) atoms. The van der Waals surface area contributed by atoms with Crippen LogP contribution < -0.4 is 11.5 Å². The smallest absolute Gasteiger partial charge is 0.133 e. The Bertz CT molecular complexity index is 538. The van der Waals surface area contributed by atoms with E-state index in [1.165, 1.54) is 0 Å². The normalized spacial score (nSPS) is 10.4. The van der Waals surface area contributed by atoms with Gasteiger partial charge in [0.05, 0.1) is 0 Å². The van der Waals surface area contributed by atoms with Crippen molar-refractivity contribution in [2.75, 3.05) is 11.5 Å². The van der Waals surface area contributed by atoms with E-state index in [0.717, 1.165) is 16.7 Å². The fourth-order valence-electron chi connectivity index (χ4n) is 1.60. The Labute approximate surface area is 99.1 Å². The molecule has 3 nitrogen and oxygen atoms in total. The summed E-state index contributed by atoms with van der Waals surface area (Å²) in [6.45, 7) is 2.00. The number of pyridine rings is 1. The van der Waals surface area contributed by atoms with Crippen LogP contribution in [0.15, 0.2) is 30.3 Å². The first-order valence-electron chi connectivity index (χ1n) is 4.86. The number of hydrogen-bond acceptors (Lipinski definition) is 3. The van der Waals surface area contributed by atoms with Crippen molar-refractivity contribution in [3.63, 3.8) is 0 Å². The molecule has 0 radical (unpaired) electrons. The SMILES string of the molecule is Cc1ccc(Cl)cc1-c1ccc(N)nc1N. The highest BCUT2D eigenvalue weighted by atomic mass is 35.5. The lowest BCUT2D eigenvalue weighted by Crippen LogP contribution is -1.98. The first-order valence-corrected chi connectivity index (χ1v) is 5.24. The zero-order valence-corrected chi connectivity index (χ0v) is 9.62. The zero-order valence-electron chi connectivity index (χ0n) is 8.87. The van der Waals surface area contributed by atoms with Crippen LogP contribution >= 0.6 is 11.6 Å². The molecule has 1 heterocycles. The van der Waals surface area contributed by atoms with Gasteiger partial charge in [0.15, 0.2) is 0 Å². The molecule has 2 rings (SSSR count). The summed E-state index contributed by atoms with van der Waals surface area (Å²) in [6, 6.07) is 9.26. The van der Waals surface area contributed by atoms with Gasteiger partial charge in [0, 0.05) is 10.6 Å². The third kappa shape index (κ3) is 1.95. The summed E-state index contributed by atoms with van der Waals surface area (Å²) < 4.78 is 0. The van der Waals surface area contributed by atoms with Gasteiger partial charge in [-0.2, -0.15) is 0 Å². The lowest BCUT2D eigenvalue weighted by molar-refractivity contribution is 1.33. The summed E-state index contributed by atoms with van der Waals surface area (Å²) in [7, 11) is 0. The molecule has 1 aromatic carbocycles. The van der Waals surface area contributed by atoms with Gasteiger partial charge in [-0.1, -0.05) is 17.7 Å². The van der Waals surface area contributed by atoms with Crippen LogP contribution in [0.5, 0.6) is 0 Å². The van der Waals surface area contributed by atoms with Gasteiger partial charge < -0.3 is 11.5 Å². The highest BCUT2D eigenvalue weighted by Crippen LogP contribution is 2.30. The minimum absolute atomic E-state index is 0.418. The van der Waals surface area contributed by atoms with Gasteiger partial charge in [0.2, 0.25) is 0 Å². The zero-order chi connectivity index (χ0) is 11.7. The number of rotatable bonds is 1. The summed E-state index contributed by atoms with van der Waals surface area (Å²) >= 11 is 5.96. The van der Waals surface area contributed by atoms with Crippen LogP contribution in [0.4, 0.5) is 11.6 Å². The number of hydrogen-bond donors (Lipinski definition) is 2. The maximum atomic E-state index is 5.96. The minimum Gasteiger partial charge on any atom is -0.384 e. The molecular weight excluding hydrogens is 222 g/mol. The Hall–Kier alpha value is -1.74. The third-order valence-electron chi connectivity index (χ3n) is 2.44. The van der Waals surface area contributed by atoms with E-state index in [2.05, 4.69) is 4.98 Å². The van der Waals surface area contributed by atoms with E-state index in [9.17, 15) is 0 Å². The van der Waals surface area contributed by atoms with E-state index < -0.39 is 0 Å². The molecule has 0 saturated heterocycles. The van der Waals surface area contributed by atoms with E-state index >= 15 is 0 Å². The van der Waals surface area contributed by atoms with Crippen molar-refractivity contribution >= 4 is 23.2 Å². The standard InChI is InChI=1S/C12H12ClN3/c1-7-2-3-8(13)6-10(7)9-4-5-11(14)16-12(9)15/h2-6H,1H3,(H4,14,15,16). The van der Waals surface area contributed by atoms with Gasteiger partial charge in [-0.25, -0.2) is 4.98 Å². The number of nitrogens with two attached hydrogens (primary N) is 2. The molecule has 4 N–H and O–H groups in total. The Morgan fingerprint density at radius 1 is 1.06 bits per heavy atom. The van der Waals surface area contributed by atoms with Crippen molar-refractivity contribution in [2.24, 2.45) is 0 Å². The molecule has 1 aromatic heterocycles. The summed E-state index contributed by atoms with van der Waals surface area (Å²) in [5.41, 5.74) is 14.3. The van der Waals surface area contributed by atoms with E-state index in [-0.39, 0.29) is 0 Å². The van der Waals surface area contributed by atoms with Crippen molar-refractivity contribution in [3.05, 3.63) is 40.9 Å². The maximum Gasteiger partial charge on any atom is 0.133 e. The Morgan fingerprint density at radius 2 is 1.81 bits per heavy atom. The predicted molar refractivity (Wildman–Crippen MR) is 68.2 cm³/mol. The molecule has 0 fully saturated rings. The number of nitrogen functional groups attached to an aromatic ring is 2. The van der Waals surface area contributed by atoms with Gasteiger partial charge in [-0.05, 0) is 42.3 Å². The van der Waals surface area contributed by atoms with Crippen molar-refractivity contribution in [2.45, 2.75) is 6.92 Å². The average Bonchev–Trinajstić information content (AvgIpc) is 2.22. The Kier molecular flexibility index (Phi) is 2.71. The van der Waals surface area contributed by atoms with Gasteiger partial charge >= 0.3 is 0 Å². The molecular formula is C12H12ClN3. The number of halogens is 1. The summed E-state index contributed by atoms with van der Waals surface area (Å²) in [6.07, 6.45) is 0. The van der Waals surface area contributed by atoms with E-state index in [1.807, 2.05) is 31.2 Å². The minimum atomic E-state index is 0.418. The summed E-state index contributed by atoms with van der Waals surface area (Å²) in [4.78, 5) is 4.03. The number of anilines is 2. The molecule has 0 aliphatic carbocycles. The molecule has 82 valence electrons. The van der Waals surface area contributed by atoms with Crippen LogP contribution in [0.25, 0.3) is 11.1 Å². The average molecular weight is 234 g/mol. The highest BCUT2D eigenvalue weighted by Gasteiger charge is 2.07. The molecule has 0 amide bonds. The molecule has 0 saturated carbocycles. The summed E-state index contributed by atoms with van der Waals surface area (Å²) in [5.74, 6) is 0.839. The highest BCUT2D eigenvalue weighted by molar-refractivity contribution is 6.30. The van der Waals surface area contributed by atoms with E-state index in [1.54, 1.807) is 6.07 Å². The number of nitrogens with zero attached hydrogens (tertiary/aromatic N) is 1. The molecule has 0 atom stereocenters. The number of aromatic nitrogens is 1. The van der Waals surface area contributed by atoms with Crippen molar-refractivity contribution in [1.82, 2.24) is 4.98 Å². The fourth-order valence-corrected chi connectivity index (χ4v) is 1.77. The fraction of sp³-hybridized carbons (Fsp3) is 0.0833. The second kappa shape index (κ2) is 4.02. The van der Waals surface area contributed by atoms with Gasteiger partial charge in [0.1, 0.15) is 11.6 Å². The Morgan fingerprint density at radius 3 is 2.50 bits per heavy atom. The largest absolute Gasteiger partial charge is 0.384 e. The monoisotopic (exact) mass is 233 g/mol. The first-order chi connectivity index (χ1) is 7.58. The molecule has 0 spiro atoms. The Balaban J connectivity index is 2.62. The van der Waals surface area contributed by atoms with Crippen LogP contribution in [-0.2, 0) is 0 Å². The van der Waals surface area contributed by atoms with Gasteiger partial charge in [0.25, 0.3) is 0 Å². The molecule has 0 aliphatic rings. The van der Waals surface area contributed by atoms with E-state index in [4.69, 9.17) is 23.1 Å². The van der Waals surface area contributed by atoms with Gasteiger partial charge in [-0.15, -0.1) is 0 Å². The van der Waals surface area contributed by atoms with Crippen LogP contribution in [0, 0.1) is 6.92 Å². The van der Waals surface area contributed by atoms with Crippen molar-refractivity contribution < 1.29 is 0 Å². The van der Waals surface area contributed by atoms with E-state index in [0.29, 0.717) is 16.7 Å². The number of aryl methyl sites for hydroxylation is 1. The van der Waals surface area contributed by atoms with Crippen LogP contribution in [0.3, 0.4) is 0 Å². The molecule has 0 bridgehead atoms. The predicted octanol–water partition coefficient (Wildman–Crippen LogP) is 2.87. The maximum absolute atomic E-state index is 5.96. The topological polar surface area (TPSA) is 64.9 Å². The first kappa shape index (κ1) is 10.8.